The molecule has 6 heteroatoms. The van der Waals surface area contributed by atoms with Gasteiger partial charge in [-0.15, -0.1) is 11.8 Å². The van der Waals surface area contributed by atoms with E-state index in [0.717, 1.165) is 51.7 Å². The topological polar surface area (TPSA) is 72.2 Å². The highest BCUT2D eigenvalue weighted by atomic mass is 32.2. The summed E-state index contributed by atoms with van der Waals surface area (Å²) in [6, 6.07) is 17.4. The van der Waals surface area contributed by atoms with Gasteiger partial charge >= 0.3 is 5.63 Å². The number of nitrogens with one attached hydrogen (secondary N) is 1. The first-order valence-corrected chi connectivity index (χ1v) is 11.5. The average molecular weight is 431 g/mol. The smallest absolute Gasteiger partial charge is 0.336 e. The second kappa shape index (κ2) is 8.19. The molecule has 156 valence electrons. The Bertz CT molecular complexity index is 1360. The Balaban J connectivity index is 1.48. The number of nitrogens with zero attached hydrogens (tertiary/aromatic N) is 1. The lowest BCUT2D eigenvalue weighted by atomic mass is 10.1. The van der Waals surface area contributed by atoms with Crippen molar-refractivity contribution in [2.24, 2.45) is 0 Å². The molecule has 0 saturated heterocycles. The number of fused-ring (bicyclic) bond motifs is 2. The van der Waals surface area contributed by atoms with E-state index in [0.29, 0.717) is 22.9 Å². The second-order valence-corrected chi connectivity index (χ2v) is 8.83. The van der Waals surface area contributed by atoms with Gasteiger partial charge in [0.15, 0.2) is 0 Å². The number of thioether (sulfide) groups is 1. The van der Waals surface area contributed by atoms with Crippen LogP contribution in [0.1, 0.15) is 41.3 Å². The molecule has 5 rings (SSSR count). The molecule has 1 saturated carbocycles. The minimum absolute atomic E-state index is 0.0548. The number of benzene rings is 2. The van der Waals surface area contributed by atoms with Crippen molar-refractivity contribution < 1.29 is 9.21 Å². The van der Waals surface area contributed by atoms with Gasteiger partial charge in [0, 0.05) is 28.6 Å². The van der Waals surface area contributed by atoms with E-state index in [-0.39, 0.29) is 11.5 Å². The Morgan fingerprint density at radius 3 is 2.77 bits per heavy atom. The first-order chi connectivity index (χ1) is 15.1. The molecule has 2 aromatic carbocycles. The molecule has 0 aliphatic heterocycles. The molecular weight excluding hydrogens is 408 g/mol. The van der Waals surface area contributed by atoms with Crippen molar-refractivity contribution in [2.45, 2.75) is 43.0 Å². The van der Waals surface area contributed by atoms with Crippen molar-refractivity contribution in [1.29, 1.82) is 0 Å². The number of rotatable bonds is 6. The fourth-order valence-corrected chi connectivity index (χ4v) is 4.58. The molecule has 0 bridgehead atoms. The minimum atomic E-state index is -0.354. The van der Waals surface area contributed by atoms with Gasteiger partial charge in [0.25, 0.3) is 5.91 Å². The van der Waals surface area contributed by atoms with Gasteiger partial charge < -0.3 is 9.73 Å². The average Bonchev–Trinajstić information content (AvgIpc) is 3.60. The van der Waals surface area contributed by atoms with Crippen molar-refractivity contribution in [3.63, 3.8) is 0 Å². The number of amides is 1. The van der Waals surface area contributed by atoms with E-state index < -0.39 is 0 Å². The van der Waals surface area contributed by atoms with Crippen molar-refractivity contribution in [3.8, 4) is 0 Å². The van der Waals surface area contributed by atoms with Gasteiger partial charge in [-0.25, -0.2) is 9.78 Å². The van der Waals surface area contributed by atoms with Crippen LogP contribution in [-0.4, -0.2) is 16.9 Å². The Morgan fingerprint density at radius 1 is 1.13 bits per heavy atom. The number of hydrogen-bond acceptors (Lipinski definition) is 5. The summed E-state index contributed by atoms with van der Waals surface area (Å²) in [5.74, 6) is 0.503. The molecular formula is C25H22N2O3S. The van der Waals surface area contributed by atoms with E-state index in [2.05, 4.69) is 18.3 Å². The summed E-state index contributed by atoms with van der Waals surface area (Å²) in [4.78, 5) is 29.7. The highest BCUT2D eigenvalue weighted by Crippen LogP contribution is 2.30. The van der Waals surface area contributed by atoms with E-state index >= 15 is 0 Å². The molecule has 1 fully saturated rings. The molecule has 5 nitrogen and oxygen atoms in total. The standard InChI is InChI=1S/C25H22N2O3S/c1-2-15-7-10-18-16(12-24(28)30-22(18)11-15)14-31-23-13-20(25(29)26-17-8-9-17)19-5-3-4-6-21(19)27-23/h3-7,10-13,17H,2,8-9,14H2,1H3,(H,26,29). The van der Waals surface area contributed by atoms with Crippen LogP contribution in [0.3, 0.4) is 0 Å². The zero-order valence-corrected chi connectivity index (χ0v) is 18.0. The fraction of sp³-hybridized carbons (Fsp3) is 0.240. The maximum absolute atomic E-state index is 12.8. The summed E-state index contributed by atoms with van der Waals surface area (Å²) >= 11 is 1.52. The first-order valence-electron chi connectivity index (χ1n) is 10.5. The minimum Gasteiger partial charge on any atom is -0.423 e. The van der Waals surface area contributed by atoms with Crippen LogP contribution in [0, 0.1) is 0 Å². The third-order valence-corrected chi connectivity index (χ3v) is 6.49. The molecule has 4 aromatic rings. The lowest BCUT2D eigenvalue weighted by Gasteiger charge is -2.10. The zero-order valence-electron chi connectivity index (χ0n) is 17.2. The van der Waals surface area contributed by atoms with E-state index in [1.165, 1.54) is 11.8 Å². The van der Waals surface area contributed by atoms with E-state index in [4.69, 9.17) is 9.40 Å². The Kier molecular flexibility index (Phi) is 5.24. The summed E-state index contributed by atoms with van der Waals surface area (Å²) in [6.07, 6.45) is 2.96. The Labute approximate surface area is 183 Å². The molecule has 0 spiro atoms. The molecule has 1 amide bonds. The van der Waals surface area contributed by atoms with Crippen LogP contribution in [0.4, 0.5) is 0 Å². The van der Waals surface area contributed by atoms with Crippen LogP contribution in [0.25, 0.3) is 21.9 Å². The molecule has 2 aromatic heterocycles. The summed E-state index contributed by atoms with van der Waals surface area (Å²) in [5, 5.41) is 5.61. The molecule has 0 unspecified atom stereocenters. The van der Waals surface area contributed by atoms with Crippen molar-refractivity contribution >= 4 is 39.5 Å². The summed E-state index contributed by atoms with van der Waals surface area (Å²) in [7, 11) is 0. The van der Waals surface area contributed by atoms with Crippen molar-refractivity contribution in [2.75, 3.05) is 0 Å². The number of carbonyl (C=O) groups excluding carboxylic acids is 1. The number of pyridine rings is 1. The van der Waals surface area contributed by atoms with Crippen LogP contribution in [0.5, 0.6) is 0 Å². The Morgan fingerprint density at radius 2 is 1.97 bits per heavy atom. The van der Waals surface area contributed by atoms with Crippen LogP contribution in [0.2, 0.25) is 0 Å². The van der Waals surface area contributed by atoms with Crippen LogP contribution < -0.4 is 10.9 Å². The Hall–Kier alpha value is -3.12. The van der Waals surface area contributed by atoms with Gasteiger partial charge in [-0.2, -0.15) is 0 Å². The monoisotopic (exact) mass is 430 g/mol. The normalized spacial score (nSPS) is 13.6. The summed E-state index contributed by atoms with van der Waals surface area (Å²) in [5.41, 5.74) is 3.72. The van der Waals surface area contributed by atoms with E-state index in [1.807, 2.05) is 42.5 Å². The third kappa shape index (κ3) is 4.21. The zero-order chi connectivity index (χ0) is 21.4. The van der Waals surface area contributed by atoms with E-state index in [1.54, 1.807) is 6.07 Å². The molecule has 2 heterocycles. The second-order valence-electron chi connectivity index (χ2n) is 7.84. The molecule has 1 aliphatic carbocycles. The first kappa shape index (κ1) is 19.8. The lowest BCUT2D eigenvalue weighted by Crippen LogP contribution is -2.25. The number of aromatic nitrogens is 1. The van der Waals surface area contributed by atoms with Crippen molar-refractivity contribution in [1.82, 2.24) is 10.3 Å². The number of aryl methyl sites for hydroxylation is 1. The largest absolute Gasteiger partial charge is 0.423 e. The van der Waals surface area contributed by atoms with Crippen LogP contribution in [0.15, 0.2) is 68.8 Å². The van der Waals surface area contributed by atoms with Crippen molar-refractivity contribution in [3.05, 3.63) is 81.7 Å². The molecule has 0 atom stereocenters. The highest BCUT2D eigenvalue weighted by molar-refractivity contribution is 7.98. The van der Waals surface area contributed by atoms with Gasteiger partial charge in [-0.1, -0.05) is 37.3 Å². The number of para-hydroxylation sites is 1. The summed E-state index contributed by atoms with van der Waals surface area (Å²) in [6.45, 7) is 2.07. The predicted molar refractivity (Wildman–Crippen MR) is 124 cm³/mol. The highest BCUT2D eigenvalue weighted by Gasteiger charge is 2.25. The summed E-state index contributed by atoms with van der Waals surface area (Å²) < 4.78 is 5.41. The maximum Gasteiger partial charge on any atom is 0.336 e. The van der Waals surface area contributed by atoms with E-state index in [9.17, 15) is 9.59 Å². The molecule has 1 N–H and O–H groups in total. The number of hydrogen-bond donors (Lipinski definition) is 1. The van der Waals surface area contributed by atoms with Gasteiger partial charge in [-0.3, -0.25) is 4.79 Å². The molecule has 31 heavy (non-hydrogen) atoms. The SMILES string of the molecule is CCc1ccc2c(CSc3cc(C(=O)NC4CC4)c4ccccc4n3)cc(=O)oc2c1. The predicted octanol–water partition coefficient (Wildman–Crippen LogP) is 5.09. The molecule has 1 aliphatic rings. The lowest BCUT2D eigenvalue weighted by molar-refractivity contribution is 0.0952. The van der Waals surface area contributed by atoms with Gasteiger partial charge in [0.05, 0.1) is 16.1 Å². The van der Waals surface area contributed by atoms with Crippen LogP contribution >= 0.6 is 11.8 Å². The van der Waals surface area contributed by atoms with Crippen LogP contribution in [-0.2, 0) is 12.2 Å². The quantitative estimate of drug-likeness (QED) is 0.341. The van der Waals surface area contributed by atoms with Gasteiger partial charge in [-0.05, 0) is 48.6 Å². The van der Waals surface area contributed by atoms with Gasteiger partial charge in [0.2, 0.25) is 0 Å². The fourth-order valence-electron chi connectivity index (χ4n) is 3.67. The molecule has 0 radical (unpaired) electrons. The number of carbonyl (C=O) groups is 1. The maximum atomic E-state index is 12.8. The third-order valence-electron chi connectivity index (χ3n) is 5.53. The van der Waals surface area contributed by atoms with Gasteiger partial charge in [0.1, 0.15) is 5.58 Å².